The van der Waals surface area contributed by atoms with Crippen LogP contribution in [-0.4, -0.2) is 27.6 Å². The summed E-state index contributed by atoms with van der Waals surface area (Å²) in [5, 5.41) is 26.8. The SMILES string of the molecule is [2H]C(Nc1cc(Cl)c2ncc(C#N)c(Nc3ccc(F)c(Cl)c3)c2c1)(C1=CN(CC(=O)O)NN1)c1ccc(F)cc1. The number of aromatic nitrogens is 1. The number of fused-ring (bicyclic) bond motifs is 1. The molecule has 3 aromatic carbocycles. The van der Waals surface area contributed by atoms with Gasteiger partial charge in [-0.1, -0.05) is 35.3 Å². The summed E-state index contributed by atoms with van der Waals surface area (Å²) < 4.78 is 36.9. The molecular weight excluding hydrogens is 563 g/mol. The van der Waals surface area contributed by atoms with Gasteiger partial charge in [-0.2, -0.15) is 5.26 Å². The second-order valence-corrected chi connectivity index (χ2v) is 9.39. The van der Waals surface area contributed by atoms with Crippen molar-refractivity contribution in [2.24, 2.45) is 0 Å². The highest BCUT2D eigenvalue weighted by atomic mass is 35.5. The number of halogens is 4. The van der Waals surface area contributed by atoms with Gasteiger partial charge in [0.15, 0.2) is 0 Å². The lowest BCUT2D eigenvalue weighted by molar-refractivity contribution is -0.138. The van der Waals surface area contributed by atoms with Crippen LogP contribution in [0.25, 0.3) is 10.9 Å². The Morgan fingerprint density at radius 1 is 1.15 bits per heavy atom. The van der Waals surface area contributed by atoms with E-state index >= 15 is 0 Å². The molecule has 0 spiro atoms. The molecule has 0 saturated heterocycles. The van der Waals surface area contributed by atoms with Gasteiger partial charge in [0.2, 0.25) is 0 Å². The fourth-order valence-electron chi connectivity index (χ4n) is 4.04. The molecule has 1 aliphatic heterocycles. The van der Waals surface area contributed by atoms with Gasteiger partial charge in [0.25, 0.3) is 0 Å². The summed E-state index contributed by atoms with van der Waals surface area (Å²) in [6.45, 7) is -0.400. The quantitative estimate of drug-likeness (QED) is 0.174. The van der Waals surface area contributed by atoms with Crippen LogP contribution in [0.4, 0.5) is 25.8 Å². The minimum atomic E-state index is -1.80. The molecular formula is C27H19Cl2F2N7O2. The zero-order valence-electron chi connectivity index (χ0n) is 21.3. The molecule has 13 heteroatoms. The van der Waals surface area contributed by atoms with E-state index < -0.39 is 30.2 Å². The van der Waals surface area contributed by atoms with Crippen LogP contribution in [-0.2, 0) is 4.79 Å². The molecule has 0 bridgehead atoms. The number of carbonyl (C=O) groups is 1. The van der Waals surface area contributed by atoms with Crippen molar-refractivity contribution in [1.29, 1.82) is 5.26 Å². The summed E-state index contributed by atoms with van der Waals surface area (Å²) in [5.41, 5.74) is 7.52. The van der Waals surface area contributed by atoms with E-state index in [1.54, 1.807) is 6.07 Å². The Bertz CT molecular complexity index is 1750. The Morgan fingerprint density at radius 2 is 1.90 bits per heavy atom. The van der Waals surface area contributed by atoms with Crippen LogP contribution in [0.15, 0.2) is 72.7 Å². The maximum absolute atomic E-state index is 13.8. The first-order chi connectivity index (χ1) is 19.6. The molecule has 1 unspecified atom stereocenters. The molecule has 202 valence electrons. The predicted octanol–water partition coefficient (Wildman–Crippen LogP) is 5.84. The summed E-state index contributed by atoms with van der Waals surface area (Å²) in [7, 11) is 0. The number of nitrogens with one attached hydrogen (secondary N) is 4. The van der Waals surface area contributed by atoms with Gasteiger partial charge in [0.1, 0.15) is 24.2 Å². The number of carboxylic acids is 1. The van der Waals surface area contributed by atoms with Crippen LogP contribution in [0.2, 0.25) is 10.0 Å². The van der Waals surface area contributed by atoms with E-state index in [1.807, 2.05) is 0 Å². The Hall–Kier alpha value is -4.63. The Labute approximate surface area is 238 Å². The topological polar surface area (TPSA) is 125 Å². The van der Waals surface area contributed by atoms with Crippen molar-refractivity contribution in [3.8, 4) is 6.07 Å². The fourth-order valence-corrected chi connectivity index (χ4v) is 4.48. The molecule has 0 radical (unpaired) electrons. The standard InChI is InChI=1S/C27H19Cl2F2N7O2/c28-20-8-17(5-6-22(20)31)34-25-15(10-32)11-33-27-19(25)7-18(9-21(27)29)35-26(14-1-3-16(30)4-2-14)23-12-38(37-36-23)13-24(39)40/h1-9,11-12,26,35-37H,13H2,(H,33,34)(H,39,40)/i26D. The molecule has 4 aromatic rings. The van der Waals surface area contributed by atoms with Gasteiger partial charge in [0.05, 0.1) is 39.9 Å². The molecule has 1 aliphatic rings. The molecule has 0 amide bonds. The molecule has 5 rings (SSSR count). The normalized spacial score (nSPS) is 14.5. The van der Waals surface area contributed by atoms with Crippen molar-refractivity contribution in [2.45, 2.75) is 6.02 Å². The van der Waals surface area contributed by atoms with Crippen molar-refractivity contribution >= 4 is 57.1 Å². The van der Waals surface area contributed by atoms with Crippen molar-refractivity contribution in [1.82, 2.24) is 21.0 Å². The number of carboxylic acid groups (broad SMARTS) is 1. The van der Waals surface area contributed by atoms with E-state index in [0.717, 1.165) is 0 Å². The van der Waals surface area contributed by atoms with Crippen LogP contribution in [0.3, 0.4) is 0 Å². The summed E-state index contributed by atoms with van der Waals surface area (Å²) in [4.78, 5) is 15.5. The molecule has 2 heterocycles. The van der Waals surface area contributed by atoms with Gasteiger partial charge < -0.3 is 21.2 Å². The predicted molar refractivity (Wildman–Crippen MR) is 148 cm³/mol. The maximum atomic E-state index is 13.8. The van der Waals surface area contributed by atoms with Gasteiger partial charge in [-0.05, 0) is 48.0 Å². The second kappa shape index (κ2) is 11.2. The number of hydrogen-bond acceptors (Lipinski definition) is 8. The zero-order chi connectivity index (χ0) is 29.3. The summed E-state index contributed by atoms with van der Waals surface area (Å²) >= 11 is 12.5. The van der Waals surface area contributed by atoms with Gasteiger partial charge in [0, 0.05) is 29.2 Å². The van der Waals surface area contributed by atoms with E-state index in [9.17, 15) is 20.2 Å². The summed E-state index contributed by atoms with van der Waals surface area (Å²) in [6, 6.07) is 12.7. The van der Waals surface area contributed by atoms with Crippen molar-refractivity contribution in [2.75, 3.05) is 17.2 Å². The lowest BCUT2D eigenvalue weighted by Crippen LogP contribution is -2.40. The lowest BCUT2D eigenvalue weighted by atomic mass is 10.0. The molecule has 0 aliphatic carbocycles. The molecule has 1 atom stereocenters. The number of benzene rings is 3. The summed E-state index contributed by atoms with van der Waals surface area (Å²) in [5.74, 6) is -2.21. The third-order valence-electron chi connectivity index (χ3n) is 5.83. The monoisotopic (exact) mass is 582 g/mol. The van der Waals surface area contributed by atoms with Crippen molar-refractivity contribution in [3.63, 3.8) is 0 Å². The van der Waals surface area contributed by atoms with Crippen LogP contribution in [0, 0.1) is 23.0 Å². The van der Waals surface area contributed by atoms with E-state index in [2.05, 4.69) is 32.6 Å². The smallest absolute Gasteiger partial charge is 0.324 e. The highest BCUT2D eigenvalue weighted by Crippen LogP contribution is 2.37. The first kappa shape index (κ1) is 25.6. The zero-order valence-corrected chi connectivity index (χ0v) is 21.8. The highest BCUT2D eigenvalue weighted by Gasteiger charge is 2.24. The first-order valence-corrected chi connectivity index (χ1v) is 12.3. The maximum Gasteiger partial charge on any atom is 0.324 e. The summed E-state index contributed by atoms with van der Waals surface area (Å²) in [6.07, 6.45) is 2.75. The van der Waals surface area contributed by atoms with E-state index in [-0.39, 0.29) is 21.3 Å². The average molecular weight is 583 g/mol. The number of anilines is 3. The van der Waals surface area contributed by atoms with E-state index in [0.29, 0.717) is 33.5 Å². The molecule has 40 heavy (non-hydrogen) atoms. The molecule has 0 saturated carbocycles. The average Bonchev–Trinajstić information content (AvgIpc) is 3.40. The number of aliphatic carboxylic acids is 1. The van der Waals surface area contributed by atoms with Crippen LogP contribution in [0.1, 0.15) is 18.5 Å². The number of nitrogens with zero attached hydrogens (tertiary/aromatic N) is 3. The largest absolute Gasteiger partial charge is 0.480 e. The third-order valence-corrected chi connectivity index (χ3v) is 6.41. The number of hydrogen-bond donors (Lipinski definition) is 5. The lowest BCUT2D eigenvalue weighted by Gasteiger charge is -2.22. The highest BCUT2D eigenvalue weighted by molar-refractivity contribution is 6.36. The second-order valence-electron chi connectivity index (χ2n) is 8.57. The number of hydrazine groups is 2. The van der Waals surface area contributed by atoms with Crippen LogP contribution >= 0.6 is 23.2 Å². The first-order valence-electron chi connectivity index (χ1n) is 12.1. The number of nitriles is 1. The van der Waals surface area contributed by atoms with Gasteiger partial charge in [-0.15, -0.1) is 5.53 Å². The minimum absolute atomic E-state index is 0.117. The third kappa shape index (κ3) is 5.69. The van der Waals surface area contributed by atoms with Crippen LogP contribution < -0.4 is 21.6 Å². The van der Waals surface area contributed by atoms with E-state index in [1.165, 1.54) is 65.9 Å². The Kier molecular flexibility index (Phi) is 7.20. The van der Waals surface area contributed by atoms with E-state index in [4.69, 9.17) is 28.3 Å². The van der Waals surface area contributed by atoms with Gasteiger partial charge >= 0.3 is 5.97 Å². The Balaban J connectivity index is 1.62. The van der Waals surface area contributed by atoms with Crippen molar-refractivity contribution < 1.29 is 20.1 Å². The van der Waals surface area contributed by atoms with Crippen molar-refractivity contribution in [3.05, 3.63) is 105 Å². The molecule has 5 N–H and O–H groups in total. The molecule has 9 nitrogen and oxygen atoms in total. The van der Waals surface area contributed by atoms with Crippen LogP contribution in [0.5, 0.6) is 0 Å². The Morgan fingerprint density at radius 3 is 2.60 bits per heavy atom. The molecule has 0 fully saturated rings. The number of pyridine rings is 1. The fraction of sp³-hybridized carbons (Fsp3) is 0.0741. The van der Waals surface area contributed by atoms with Gasteiger partial charge in [-0.25, -0.2) is 8.78 Å². The molecule has 1 aromatic heterocycles. The van der Waals surface area contributed by atoms with Gasteiger partial charge in [-0.3, -0.25) is 14.8 Å². The number of rotatable bonds is 8. The minimum Gasteiger partial charge on any atom is -0.480 e.